The van der Waals surface area contributed by atoms with Crippen molar-refractivity contribution in [2.24, 2.45) is 5.41 Å². The standard InChI is InChI=1S/C10H17N3OS/c1-10(2)5-3-7(4-6-10)13-8(14)11-12-9(13)15/h7H,3-6H2,1-2H3,(H,11,14)(H,12,15). The van der Waals surface area contributed by atoms with Crippen molar-refractivity contribution >= 4 is 12.2 Å². The minimum absolute atomic E-state index is 0.107. The Morgan fingerprint density at radius 1 is 1.33 bits per heavy atom. The second-order valence-electron chi connectivity index (χ2n) is 5.13. The summed E-state index contributed by atoms with van der Waals surface area (Å²) in [5.74, 6) is 0. The second kappa shape index (κ2) is 3.63. The molecule has 2 rings (SSSR count). The molecule has 1 fully saturated rings. The lowest BCUT2D eigenvalue weighted by Crippen LogP contribution is -2.29. The van der Waals surface area contributed by atoms with Crippen molar-refractivity contribution in [2.75, 3.05) is 0 Å². The maximum atomic E-state index is 11.5. The quantitative estimate of drug-likeness (QED) is 0.724. The van der Waals surface area contributed by atoms with Crippen molar-refractivity contribution in [1.29, 1.82) is 0 Å². The number of aromatic nitrogens is 3. The topological polar surface area (TPSA) is 53.6 Å². The Morgan fingerprint density at radius 2 is 1.93 bits per heavy atom. The number of hydrogen-bond donors (Lipinski definition) is 2. The molecule has 0 bridgehead atoms. The van der Waals surface area contributed by atoms with Crippen LogP contribution in [-0.2, 0) is 0 Å². The Kier molecular flexibility index (Phi) is 2.58. The van der Waals surface area contributed by atoms with Gasteiger partial charge in [0.25, 0.3) is 0 Å². The first-order valence-corrected chi connectivity index (χ1v) is 5.80. The average molecular weight is 227 g/mol. The van der Waals surface area contributed by atoms with Crippen LogP contribution in [0, 0.1) is 10.2 Å². The molecule has 2 N–H and O–H groups in total. The van der Waals surface area contributed by atoms with E-state index in [4.69, 9.17) is 12.2 Å². The molecule has 1 aliphatic rings. The first-order chi connectivity index (χ1) is 6.99. The molecule has 0 amide bonds. The number of aromatic amines is 2. The fourth-order valence-electron chi connectivity index (χ4n) is 2.29. The van der Waals surface area contributed by atoms with Gasteiger partial charge in [0, 0.05) is 6.04 Å². The molecular weight excluding hydrogens is 210 g/mol. The first-order valence-electron chi connectivity index (χ1n) is 5.39. The van der Waals surface area contributed by atoms with Gasteiger partial charge in [-0.1, -0.05) is 13.8 Å². The molecule has 1 aromatic heterocycles. The first kappa shape index (κ1) is 10.7. The van der Waals surface area contributed by atoms with Crippen LogP contribution in [0.2, 0.25) is 0 Å². The molecule has 0 atom stereocenters. The number of nitrogens with one attached hydrogen (secondary N) is 2. The highest BCUT2D eigenvalue weighted by Gasteiger charge is 2.28. The lowest BCUT2D eigenvalue weighted by Gasteiger charge is -2.34. The van der Waals surface area contributed by atoms with Crippen molar-refractivity contribution in [1.82, 2.24) is 14.8 Å². The Bertz CT molecular complexity index is 416. The molecule has 0 aromatic carbocycles. The Hall–Kier alpha value is -0.840. The molecule has 0 radical (unpaired) electrons. The van der Waals surface area contributed by atoms with Gasteiger partial charge in [-0.15, -0.1) is 0 Å². The normalized spacial score (nSPS) is 21.7. The number of H-pyrrole nitrogens is 2. The van der Waals surface area contributed by atoms with Crippen LogP contribution in [0.4, 0.5) is 0 Å². The molecular formula is C10H17N3OS. The van der Waals surface area contributed by atoms with Crippen molar-refractivity contribution in [3.8, 4) is 0 Å². The van der Waals surface area contributed by atoms with Crippen molar-refractivity contribution < 1.29 is 0 Å². The predicted octanol–water partition coefficient (Wildman–Crippen LogP) is 2.38. The smallest absolute Gasteiger partial charge is 0.272 e. The minimum Gasteiger partial charge on any atom is -0.272 e. The maximum absolute atomic E-state index is 11.5. The largest absolute Gasteiger partial charge is 0.342 e. The van der Waals surface area contributed by atoms with Crippen LogP contribution in [0.3, 0.4) is 0 Å². The highest BCUT2D eigenvalue weighted by molar-refractivity contribution is 7.71. The molecule has 1 saturated carbocycles. The van der Waals surface area contributed by atoms with E-state index in [1.807, 2.05) is 0 Å². The molecule has 1 aromatic rings. The average Bonchev–Trinajstić information content (AvgIpc) is 2.48. The summed E-state index contributed by atoms with van der Waals surface area (Å²) in [6.07, 6.45) is 4.40. The molecule has 15 heavy (non-hydrogen) atoms. The highest BCUT2D eigenvalue weighted by atomic mass is 32.1. The lowest BCUT2D eigenvalue weighted by molar-refractivity contribution is 0.191. The van der Waals surface area contributed by atoms with Crippen molar-refractivity contribution in [3.05, 3.63) is 15.3 Å². The number of rotatable bonds is 1. The molecule has 4 nitrogen and oxygen atoms in total. The van der Waals surface area contributed by atoms with Crippen LogP contribution in [0.25, 0.3) is 0 Å². The van der Waals surface area contributed by atoms with Crippen LogP contribution in [-0.4, -0.2) is 14.8 Å². The molecule has 84 valence electrons. The fourth-order valence-corrected chi connectivity index (χ4v) is 2.58. The molecule has 0 saturated heterocycles. The van der Waals surface area contributed by atoms with E-state index in [9.17, 15) is 4.79 Å². The highest BCUT2D eigenvalue weighted by Crippen LogP contribution is 2.39. The summed E-state index contributed by atoms with van der Waals surface area (Å²) in [5.41, 5.74) is 0.312. The molecule has 0 spiro atoms. The van der Waals surface area contributed by atoms with Gasteiger partial charge < -0.3 is 0 Å². The van der Waals surface area contributed by atoms with Crippen LogP contribution in [0.1, 0.15) is 45.6 Å². The zero-order valence-electron chi connectivity index (χ0n) is 9.17. The van der Waals surface area contributed by atoms with Crippen molar-refractivity contribution in [3.63, 3.8) is 0 Å². The third-order valence-corrected chi connectivity index (χ3v) is 3.69. The van der Waals surface area contributed by atoms with Crippen LogP contribution >= 0.6 is 12.2 Å². The zero-order chi connectivity index (χ0) is 11.1. The van der Waals surface area contributed by atoms with Gasteiger partial charge >= 0.3 is 5.69 Å². The summed E-state index contributed by atoms with van der Waals surface area (Å²) in [7, 11) is 0. The van der Waals surface area contributed by atoms with E-state index in [0.29, 0.717) is 10.2 Å². The Morgan fingerprint density at radius 3 is 2.40 bits per heavy atom. The Balaban J connectivity index is 2.22. The van der Waals surface area contributed by atoms with Gasteiger partial charge in [0.1, 0.15) is 0 Å². The fraction of sp³-hybridized carbons (Fsp3) is 0.800. The van der Waals surface area contributed by atoms with Gasteiger partial charge in [-0.3, -0.25) is 9.67 Å². The Labute approximate surface area is 93.7 Å². The van der Waals surface area contributed by atoms with Crippen LogP contribution < -0.4 is 5.69 Å². The summed E-state index contributed by atoms with van der Waals surface area (Å²) in [5, 5.41) is 5.23. The van der Waals surface area contributed by atoms with E-state index in [1.165, 1.54) is 0 Å². The van der Waals surface area contributed by atoms with Gasteiger partial charge in [-0.05, 0) is 43.3 Å². The van der Waals surface area contributed by atoms with E-state index in [0.717, 1.165) is 25.7 Å². The van der Waals surface area contributed by atoms with Gasteiger partial charge in [-0.25, -0.2) is 9.89 Å². The summed E-state index contributed by atoms with van der Waals surface area (Å²) < 4.78 is 2.20. The van der Waals surface area contributed by atoms with Gasteiger partial charge in [0.2, 0.25) is 0 Å². The second-order valence-corrected chi connectivity index (χ2v) is 5.51. The van der Waals surface area contributed by atoms with E-state index in [-0.39, 0.29) is 11.7 Å². The minimum atomic E-state index is -0.107. The van der Waals surface area contributed by atoms with Crippen molar-refractivity contribution in [2.45, 2.75) is 45.6 Å². The number of hydrogen-bond acceptors (Lipinski definition) is 2. The summed E-state index contributed by atoms with van der Waals surface area (Å²) >= 11 is 5.09. The summed E-state index contributed by atoms with van der Waals surface area (Å²) in [6, 6.07) is 0.278. The lowest BCUT2D eigenvalue weighted by atomic mass is 9.75. The maximum Gasteiger partial charge on any atom is 0.342 e. The third-order valence-electron chi connectivity index (χ3n) is 3.39. The summed E-state index contributed by atoms with van der Waals surface area (Å²) in [6.45, 7) is 4.56. The van der Waals surface area contributed by atoms with E-state index < -0.39 is 0 Å². The van der Waals surface area contributed by atoms with Gasteiger partial charge in [0.05, 0.1) is 0 Å². The van der Waals surface area contributed by atoms with E-state index >= 15 is 0 Å². The molecule has 1 aliphatic carbocycles. The molecule has 0 unspecified atom stereocenters. The predicted molar refractivity (Wildman–Crippen MR) is 61.5 cm³/mol. The van der Waals surface area contributed by atoms with Crippen LogP contribution in [0.5, 0.6) is 0 Å². The molecule has 0 aliphatic heterocycles. The summed E-state index contributed by atoms with van der Waals surface area (Å²) in [4.78, 5) is 11.5. The molecule has 5 heteroatoms. The van der Waals surface area contributed by atoms with Crippen LogP contribution in [0.15, 0.2) is 4.79 Å². The third kappa shape index (κ3) is 2.07. The monoisotopic (exact) mass is 227 g/mol. The van der Waals surface area contributed by atoms with E-state index in [1.54, 1.807) is 4.57 Å². The van der Waals surface area contributed by atoms with Gasteiger partial charge in [-0.2, -0.15) is 0 Å². The number of nitrogens with zero attached hydrogens (tertiary/aromatic N) is 1. The molecule has 1 heterocycles. The van der Waals surface area contributed by atoms with E-state index in [2.05, 4.69) is 24.0 Å². The zero-order valence-corrected chi connectivity index (χ0v) is 9.99. The van der Waals surface area contributed by atoms with Gasteiger partial charge in [0.15, 0.2) is 4.77 Å². The SMILES string of the molecule is CC1(C)CCC(n2c(=O)[nH][nH]c2=S)CC1.